The summed E-state index contributed by atoms with van der Waals surface area (Å²) in [5, 5.41) is 11.8. The van der Waals surface area contributed by atoms with Gasteiger partial charge in [0.2, 0.25) is 0 Å². The number of carboxylic acids is 1. The van der Waals surface area contributed by atoms with Crippen LogP contribution in [0.5, 0.6) is 5.75 Å². The summed E-state index contributed by atoms with van der Waals surface area (Å²) < 4.78 is 6.04. The van der Waals surface area contributed by atoms with Crippen molar-refractivity contribution in [3.63, 3.8) is 0 Å². The third-order valence-corrected chi connectivity index (χ3v) is 5.73. The Hall–Kier alpha value is -2.06. The molecule has 1 saturated heterocycles. The number of thioether (sulfide) groups is 1. The van der Waals surface area contributed by atoms with Gasteiger partial charge in [0.1, 0.15) is 16.7 Å². The standard InChI is InChI=1S/C19H13Cl2NO4S2/c20-13-6-5-12(14(21)8-13)10-26-15-4-2-1-3-11(15)7-16-18(25)22(9-17(23)24)19(27)28-16/h1-8H,9-10H2,(H,23,24)/p-1/b16-7+. The molecule has 5 nitrogen and oxygen atoms in total. The van der Waals surface area contributed by atoms with Crippen LogP contribution in [0.1, 0.15) is 11.1 Å². The van der Waals surface area contributed by atoms with Gasteiger partial charge in [-0.2, -0.15) is 0 Å². The molecule has 0 aromatic heterocycles. The number of carboxylic acid groups (broad SMARTS) is 1. The van der Waals surface area contributed by atoms with Gasteiger partial charge in [-0.05, 0) is 24.3 Å². The van der Waals surface area contributed by atoms with Crippen molar-refractivity contribution in [1.82, 2.24) is 4.90 Å². The molecule has 0 atom stereocenters. The van der Waals surface area contributed by atoms with Crippen molar-refractivity contribution in [2.75, 3.05) is 6.54 Å². The minimum absolute atomic E-state index is 0.173. The summed E-state index contributed by atoms with van der Waals surface area (Å²) >= 11 is 18.2. The van der Waals surface area contributed by atoms with Gasteiger partial charge in [0, 0.05) is 21.2 Å². The van der Waals surface area contributed by atoms with Crippen molar-refractivity contribution >= 4 is 69.5 Å². The van der Waals surface area contributed by atoms with Gasteiger partial charge < -0.3 is 14.6 Å². The van der Waals surface area contributed by atoms with Crippen LogP contribution in [0.15, 0.2) is 47.4 Å². The molecule has 3 rings (SSSR count). The molecule has 1 fully saturated rings. The molecule has 1 heterocycles. The number of carbonyl (C=O) groups excluding carboxylic acids is 2. The lowest BCUT2D eigenvalue weighted by atomic mass is 10.1. The van der Waals surface area contributed by atoms with Crippen molar-refractivity contribution in [2.24, 2.45) is 0 Å². The summed E-state index contributed by atoms with van der Waals surface area (Å²) in [4.78, 5) is 24.5. The van der Waals surface area contributed by atoms with Gasteiger partial charge in [0.25, 0.3) is 5.91 Å². The molecule has 0 saturated carbocycles. The van der Waals surface area contributed by atoms with E-state index in [0.29, 0.717) is 26.3 Å². The Morgan fingerprint density at radius 1 is 1.25 bits per heavy atom. The number of benzene rings is 2. The van der Waals surface area contributed by atoms with E-state index in [1.165, 1.54) is 0 Å². The van der Waals surface area contributed by atoms with Crippen molar-refractivity contribution in [3.05, 3.63) is 68.5 Å². The Labute approximate surface area is 180 Å². The van der Waals surface area contributed by atoms with Gasteiger partial charge >= 0.3 is 0 Å². The molecule has 1 aliphatic heterocycles. The SMILES string of the molecule is O=C([O-])CN1C(=O)/C(=C\c2ccccc2OCc2ccc(Cl)cc2Cl)SC1=S. The Balaban J connectivity index is 1.80. The maximum absolute atomic E-state index is 12.4. The highest BCUT2D eigenvalue weighted by atomic mass is 35.5. The van der Waals surface area contributed by atoms with E-state index in [-0.39, 0.29) is 10.9 Å². The molecule has 2 aromatic carbocycles. The van der Waals surface area contributed by atoms with E-state index in [9.17, 15) is 14.7 Å². The molecule has 1 amide bonds. The molecule has 0 bridgehead atoms. The van der Waals surface area contributed by atoms with Crippen LogP contribution in [0.3, 0.4) is 0 Å². The lowest BCUT2D eigenvalue weighted by molar-refractivity contribution is -0.305. The molecule has 9 heteroatoms. The van der Waals surface area contributed by atoms with Gasteiger partial charge in [0.05, 0.1) is 17.4 Å². The normalized spacial score (nSPS) is 15.4. The highest BCUT2D eigenvalue weighted by Crippen LogP contribution is 2.34. The van der Waals surface area contributed by atoms with Crippen LogP contribution in [0, 0.1) is 0 Å². The summed E-state index contributed by atoms with van der Waals surface area (Å²) in [6, 6.07) is 12.3. The molecule has 0 N–H and O–H groups in total. The molecule has 144 valence electrons. The first-order valence-electron chi connectivity index (χ1n) is 7.96. The lowest BCUT2D eigenvalue weighted by Gasteiger charge is -2.14. The fraction of sp³-hybridized carbons (Fsp3) is 0.105. The number of halogens is 2. The van der Waals surface area contributed by atoms with Gasteiger partial charge in [-0.15, -0.1) is 0 Å². The lowest BCUT2D eigenvalue weighted by Crippen LogP contribution is -2.40. The van der Waals surface area contributed by atoms with Gasteiger partial charge in [-0.1, -0.05) is 71.4 Å². The second-order valence-electron chi connectivity index (χ2n) is 5.70. The van der Waals surface area contributed by atoms with Gasteiger partial charge in [0.15, 0.2) is 0 Å². The average molecular weight is 453 g/mol. The van der Waals surface area contributed by atoms with Crippen molar-refractivity contribution in [3.8, 4) is 5.75 Å². The maximum Gasteiger partial charge on any atom is 0.266 e. The van der Waals surface area contributed by atoms with Gasteiger partial charge in [-0.25, -0.2) is 0 Å². The molecule has 0 radical (unpaired) electrons. The fourth-order valence-electron chi connectivity index (χ4n) is 2.43. The second kappa shape index (κ2) is 8.96. The zero-order chi connectivity index (χ0) is 20.3. The van der Waals surface area contributed by atoms with Crippen LogP contribution in [0.4, 0.5) is 0 Å². The Morgan fingerprint density at radius 2 is 2.00 bits per heavy atom. The van der Waals surface area contributed by atoms with E-state index >= 15 is 0 Å². The van der Waals surface area contributed by atoms with Crippen LogP contribution in [0.2, 0.25) is 10.0 Å². The Kier molecular flexibility index (Phi) is 6.61. The largest absolute Gasteiger partial charge is 0.548 e. The third-order valence-electron chi connectivity index (χ3n) is 3.76. The number of aliphatic carboxylic acids is 1. The Morgan fingerprint density at radius 3 is 2.71 bits per heavy atom. The smallest absolute Gasteiger partial charge is 0.266 e. The van der Waals surface area contributed by atoms with E-state index in [0.717, 1.165) is 22.2 Å². The average Bonchev–Trinajstić information content (AvgIpc) is 2.89. The molecule has 0 unspecified atom stereocenters. The fourth-order valence-corrected chi connectivity index (χ4v) is 4.14. The zero-order valence-electron chi connectivity index (χ0n) is 14.2. The van der Waals surface area contributed by atoms with Crippen LogP contribution < -0.4 is 9.84 Å². The highest BCUT2D eigenvalue weighted by molar-refractivity contribution is 8.26. The Bertz CT molecular complexity index is 994. The number of carbonyl (C=O) groups is 2. The summed E-state index contributed by atoms with van der Waals surface area (Å²) in [6.45, 7) is -0.359. The predicted molar refractivity (Wildman–Crippen MR) is 112 cm³/mol. The number of nitrogens with zero attached hydrogens (tertiary/aromatic N) is 1. The third kappa shape index (κ3) is 4.86. The number of amides is 1. The van der Waals surface area contributed by atoms with Crippen molar-refractivity contribution in [2.45, 2.75) is 6.61 Å². The second-order valence-corrected chi connectivity index (χ2v) is 8.22. The monoisotopic (exact) mass is 452 g/mol. The summed E-state index contributed by atoms with van der Waals surface area (Å²) in [5.74, 6) is -1.31. The number of hydrogen-bond acceptors (Lipinski definition) is 6. The van der Waals surface area contributed by atoms with E-state index in [1.54, 1.807) is 48.5 Å². The van der Waals surface area contributed by atoms with E-state index < -0.39 is 18.4 Å². The molecular formula is C19H12Cl2NO4S2-. The summed E-state index contributed by atoms with van der Waals surface area (Å²) in [7, 11) is 0. The van der Waals surface area contributed by atoms with Crippen molar-refractivity contribution in [1.29, 1.82) is 0 Å². The number of ether oxygens (including phenoxy) is 1. The quantitative estimate of drug-likeness (QED) is 0.493. The molecule has 0 spiro atoms. The van der Waals surface area contributed by atoms with E-state index in [2.05, 4.69) is 0 Å². The number of rotatable bonds is 6. The van der Waals surface area contributed by atoms with Crippen LogP contribution in [-0.2, 0) is 16.2 Å². The molecule has 28 heavy (non-hydrogen) atoms. The van der Waals surface area contributed by atoms with E-state index in [1.807, 2.05) is 0 Å². The molecule has 1 aliphatic rings. The number of thiocarbonyl (C=S) groups is 1. The molecule has 2 aromatic rings. The highest BCUT2D eigenvalue weighted by Gasteiger charge is 2.32. The van der Waals surface area contributed by atoms with Crippen LogP contribution in [0.25, 0.3) is 6.08 Å². The maximum atomic E-state index is 12.4. The molecule has 0 aliphatic carbocycles. The zero-order valence-corrected chi connectivity index (χ0v) is 17.3. The topological polar surface area (TPSA) is 69.7 Å². The number of para-hydroxylation sites is 1. The van der Waals surface area contributed by atoms with Gasteiger partial charge in [-0.3, -0.25) is 9.69 Å². The molecular weight excluding hydrogens is 441 g/mol. The first kappa shape index (κ1) is 20.7. The minimum atomic E-state index is -1.37. The summed E-state index contributed by atoms with van der Waals surface area (Å²) in [5.41, 5.74) is 1.42. The first-order chi connectivity index (χ1) is 13.3. The van der Waals surface area contributed by atoms with Crippen LogP contribution >= 0.6 is 47.2 Å². The summed E-state index contributed by atoms with van der Waals surface area (Å²) in [6.07, 6.45) is 1.62. The van der Waals surface area contributed by atoms with E-state index in [4.69, 9.17) is 40.2 Å². The van der Waals surface area contributed by atoms with Crippen LogP contribution in [-0.4, -0.2) is 27.6 Å². The minimum Gasteiger partial charge on any atom is -0.548 e. The predicted octanol–water partition coefficient (Wildman–Crippen LogP) is 3.52. The number of hydrogen-bond donors (Lipinski definition) is 0. The first-order valence-corrected chi connectivity index (χ1v) is 9.94. The van der Waals surface area contributed by atoms with Crippen molar-refractivity contribution < 1.29 is 19.4 Å².